The number of sulfonamides is 1. The lowest BCUT2D eigenvalue weighted by Gasteiger charge is -2.35. The number of rotatable bonds is 11. The Labute approximate surface area is 292 Å². The van der Waals surface area contributed by atoms with Crippen molar-refractivity contribution in [3.05, 3.63) is 128 Å². The number of hydrogen-bond acceptors (Lipinski definition) is 4. The Hall–Kier alpha value is -3.56. The molecule has 11 heteroatoms. The van der Waals surface area contributed by atoms with Crippen molar-refractivity contribution in [2.75, 3.05) is 10.8 Å². The first-order chi connectivity index (χ1) is 22.0. The predicted octanol–water partition coefficient (Wildman–Crippen LogP) is 8.01. The van der Waals surface area contributed by atoms with Crippen LogP contribution in [0.25, 0.3) is 0 Å². The van der Waals surface area contributed by atoms with Crippen molar-refractivity contribution in [1.29, 1.82) is 0 Å². The van der Waals surface area contributed by atoms with Crippen molar-refractivity contribution in [2.24, 2.45) is 0 Å². The minimum absolute atomic E-state index is 0.00822. The Kier molecular flexibility index (Phi) is 11.7. The molecule has 1 unspecified atom stereocenters. The minimum Gasteiger partial charge on any atom is -0.350 e. The molecule has 2 amide bonds. The van der Waals surface area contributed by atoms with E-state index >= 15 is 0 Å². The van der Waals surface area contributed by atoms with E-state index in [1.165, 1.54) is 23.1 Å². The summed E-state index contributed by atoms with van der Waals surface area (Å²) in [5.74, 6) is -1.01. The highest BCUT2D eigenvalue weighted by Gasteiger charge is 2.36. The van der Waals surface area contributed by atoms with E-state index in [2.05, 4.69) is 5.32 Å². The molecule has 4 rings (SSSR count). The maximum atomic E-state index is 14.7. The molecule has 0 saturated heterocycles. The van der Waals surface area contributed by atoms with E-state index in [4.69, 9.17) is 34.8 Å². The molecule has 0 aromatic heterocycles. The summed E-state index contributed by atoms with van der Waals surface area (Å²) >= 11 is 19.1. The normalized spacial score (nSPS) is 12.3. The largest absolute Gasteiger partial charge is 0.350 e. The third kappa shape index (κ3) is 9.51. The smallest absolute Gasteiger partial charge is 0.264 e. The van der Waals surface area contributed by atoms with E-state index in [1.54, 1.807) is 49.4 Å². The van der Waals surface area contributed by atoms with Crippen molar-refractivity contribution in [2.45, 2.75) is 64.1 Å². The van der Waals surface area contributed by atoms with E-state index in [-0.39, 0.29) is 23.5 Å². The average molecular weight is 715 g/mol. The summed E-state index contributed by atoms with van der Waals surface area (Å²) in [6.07, 6.45) is 0.167. The van der Waals surface area contributed by atoms with Gasteiger partial charge in [-0.1, -0.05) is 95.0 Å². The molecular weight excluding hydrogens is 677 g/mol. The number of amides is 2. The lowest BCUT2D eigenvalue weighted by molar-refractivity contribution is -0.140. The van der Waals surface area contributed by atoms with Gasteiger partial charge in [0.2, 0.25) is 11.8 Å². The van der Waals surface area contributed by atoms with Crippen LogP contribution < -0.4 is 9.62 Å². The number of nitrogens with one attached hydrogen (secondary N) is 1. The molecule has 4 aromatic rings. The second kappa shape index (κ2) is 15.1. The molecule has 0 spiro atoms. The number of carbonyl (C=O) groups is 2. The summed E-state index contributed by atoms with van der Waals surface area (Å²) in [6, 6.07) is 24.5. The zero-order valence-electron chi connectivity index (χ0n) is 26.9. The van der Waals surface area contributed by atoms with Gasteiger partial charge in [-0.15, -0.1) is 0 Å². The minimum atomic E-state index is -4.28. The maximum absolute atomic E-state index is 14.7. The van der Waals surface area contributed by atoms with Crippen molar-refractivity contribution in [3.63, 3.8) is 0 Å². The molecule has 4 aromatic carbocycles. The summed E-state index contributed by atoms with van der Waals surface area (Å²) in [4.78, 5) is 30.1. The summed E-state index contributed by atoms with van der Waals surface area (Å²) in [6.45, 7) is 8.45. The molecule has 0 aliphatic carbocycles. The lowest BCUT2D eigenvalue weighted by atomic mass is 10.0. The fraction of sp³-hybridized carbons (Fsp3) is 0.278. The van der Waals surface area contributed by atoms with Gasteiger partial charge in [-0.2, -0.15) is 0 Å². The first-order valence-electron chi connectivity index (χ1n) is 15.0. The highest BCUT2D eigenvalue weighted by Crippen LogP contribution is 2.31. The molecule has 1 N–H and O–H groups in total. The van der Waals surface area contributed by atoms with E-state index in [0.717, 1.165) is 15.4 Å². The third-order valence-electron chi connectivity index (χ3n) is 7.45. The second-order valence-electron chi connectivity index (χ2n) is 12.5. The number of anilines is 1. The zero-order valence-corrected chi connectivity index (χ0v) is 30.0. The summed E-state index contributed by atoms with van der Waals surface area (Å²) in [5, 5.41) is 4.03. The van der Waals surface area contributed by atoms with Gasteiger partial charge < -0.3 is 10.2 Å². The molecule has 0 saturated carbocycles. The zero-order chi connectivity index (χ0) is 34.5. The number of halogens is 3. The molecular formula is C36H38Cl3N3O4S. The molecule has 248 valence electrons. The summed E-state index contributed by atoms with van der Waals surface area (Å²) < 4.78 is 29.6. The van der Waals surface area contributed by atoms with Gasteiger partial charge in [0.1, 0.15) is 12.6 Å². The van der Waals surface area contributed by atoms with Crippen LogP contribution in [0, 0.1) is 13.8 Å². The van der Waals surface area contributed by atoms with Gasteiger partial charge in [0, 0.05) is 33.6 Å². The standard InChI is InChI=1S/C36H38Cl3N3O4S/c1-24-11-17-30(18-12-24)47(45,46)42(32-21-29(38)15-13-25(32)2)23-34(43)41(22-27-14-16-28(37)20-31(27)39)33(35(44)40-36(3,4)5)19-26-9-7-6-8-10-26/h6-18,20-21,33H,19,22-23H2,1-5H3,(H,40,44). The van der Waals surface area contributed by atoms with Crippen LogP contribution in [-0.4, -0.2) is 43.3 Å². The predicted molar refractivity (Wildman–Crippen MR) is 191 cm³/mol. The number of aryl methyl sites for hydroxylation is 2. The molecule has 7 nitrogen and oxygen atoms in total. The van der Waals surface area contributed by atoms with E-state index < -0.39 is 40.0 Å². The van der Waals surface area contributed by atoms with E-state index in [9.17, 15) is 18.0 Å². The van der Waals surface area contributed by atoms with Crippen LogP contribution in [0.4, 0.5) is 5.69 Å². The van der Waals surface area contributed by atoms with Gasteiger partial charge in [0.15, 0.2) is 0 Å². The first kappa shape index (κ1) is 36.3. The summed E-state index contributed by atoms with van der Waals surface area (Å²) in [5.41, 5.74) is 2.46. The first-order valence-corrected chi connectivity index (χ1v) is 17.6. The van der Waals surface area contributed by atoms with Crippen LogP contribution in [-0.2, 0) is 32.6 Å². The Morgan fingerprint density at radius 1 is 0.830 bits per heavy atom. The molecule has 0 fully saturated rings. The van der Waals surface area contributed by atoms with Gasteiger partial charge in [-0.25, -0.2) is 8.42 Å². The average Bonchev–Trinajstić information content (AvgIpc) is 2.99. The van der Waals surface area contributed by atoms with Crippen LogP contribution in [0.1, 0.15) is 43.0 Å². The van der Waals surface area contributed by atoms with Crippen LogP contribution in [0.3, 0.4) is 0 Å². The number of carbonyl (C=O) groups excluding carboxylic acids is 2. The Bertz CT molecular complexity index is 1840. The Balaban J connectivity index is 1.87. The quantitative estimate of drug-likeness (QED) is 0.171. The van der Waals surface area contributed by atoms with Gasteiger partial charge in [0.25, 0.3) is 10.0 Å². The SMILES string of the molecule is Cc1ccc(S(=O)(=O)N(CC(=O)N(Cc2ccc(Cl)cc2Cl)C(Cc2ccccc2)C(=O)NC(C)(C)C)c2cc(Cl)ccc2C)cc1. The lowest BCUT2D eigenvalue weighted by Crippen LogP contribution is -2.56. The Morgan fingerprint density at radius 3 is 2.06 bits per heavy atom. The Morgan fingerprint density at radius 2 is 1.45 bits per heavy atom. The van der Waals surface area contributed by atoms with Gasteiger partial charge in [-0.05, 0) is 87.7 Å². The van der Waals surface area contributed by atoms with Crippen LogP contribution in [0.2, 0.25) is 15.1 Å². The van der Waals surface area contributed by atoms with Gasteiger partial charge in [-0.3, -0.25) is 13.9 Å². The molecule has 0 radical (unpaired) electrons. The molecule has 0 aliphatic heterocycles. The fourth-order valence-corrected chi connectivity index (χ4v) is 7.15. The summed E-state index contributed by atoms with van der Waals surface area (Å²) in [7, 11) is -4.28. The van der Waals surface area contributed by atoms with Crippen molar-refractivity contribution in [3.8, 4) is 0 Å². The van der Waals surface area contributed by atoms with E-state index in [0.29, 0.717) is 26.2 Å². The molecule has 1 atom stereocenters. The van der Waals surface area contributed by atoms with Crippen molar-refractivity contribution >= 4 is 62.3 Å². The van der Waals surface area contributed by atoms with Crippen LogP contribution in [0.5, 0.6) is 0 Å². The monoisotopic (exact) mass is 713 g/mol. The highest BCUT2D eigenvalue weighted by molar-refractivity contribution is 7.92. The van der Waals surface area contributed by atoms with E-state index in [1.807, 2.05) is 58.0 Å². The molecule has 0 bridgehead atoms. The molecule has 47 heavy (non-hydrogen) atoms. The molecule has 0 heterocycles. The number of nitrogens with zero attached hydrogens (tertiary/aromatic N) is 2. The van der Waals surface area contributed by atoms with Crippen molar-refractivity contribution in [1.82, 2.24) is 10.2 Å². The van der Waals surface area contributed by atoms with Gasteiger partial charge in [0.05, 0.1) is 10.6 Å². The maximum Gasteiger partial charge on any atom is 0.264 e. The number of hydrogen-bond donors (Lipinski definition) is 1. The highest BCUT2D eigenvalue weighted by atomic mass is 35.5. The van der Waals surface area contributed by atoms with Crippen molar-refractivity contribution < 1.29 is 18.0 Å². The van der Waals surface area contributed by atoms with Crippen LogP contribution in [0.15, 0.2) is 95.9 Å². The topological polar surface area (TPSA) is 86.8 Å². The third-order valence-corrected chi connectivity index (χ3v) is 10.0. The second-order valence-corrected chi connectivity index (χ2v) is 15.6. The molecule has 0 aliphatic rings. The fourth-order valence-electron chi connectivity index (χ4n) is 5.04. The number of benzene rings is 4. The van der Waals surface area contributed by atoms with Crippen LogP contribution >= 0.6 is 34.8 Å². The van der Waals surface area contributed by atoms with Gasteiger partial charge >= 0.3 is 0 Å².